The van der Waals surface area contributed by atoms with Gasteiger partial charge in [-0.15, -0.1) is 0 Å². The summed E-state index contributed by atoms with van der Waals surface area (Å²) in [5, 5.41) is 0. The summed E-state index contributed by atoms with van der Waals surface area (Å²) in [5.74, 6) is 0.264. The Bertz CT molecular complexity index is 557. The first kappa shape index (κ1) is 16.4. The van der Waals surface area contributed by atoms with Crippen LogP contribution in [0.4, 0.5) is 0 Å². The zero-order valence-corrected chi connectivity index (χ0v) is 14.6. The number of hydrogen-bond acceptors (Lipinski definition) is 4. The van der Waals surface area contributed by atoms with Crippen LogP contribution < -0.4 is 0 Å². The number of carbonyl (C=O) groups is 1. The summed E-state index contributed by atoms with van der Waals surface area (Å²) in [6.45, 7) is 10.2. The predicted octanol–water partition coefficient (Wildman–Crippen LogP) is 2.40. The minimum Gasteiger partial charge on any atom is -0.336 e. The van der Waals surface area contributed by atoms with Crippen molar-refractivity contribution in [2.24, 2.45) is 5.41 Å². The molecule has 0 radical (unpaired) electrons. The van der Waals surface area contributed by atoms with Gasteiger partial charge in [0.25, 0.3) is 0 Å². The Kier molecular flexibility index (Phi) is 4.67. The Balaban J connectivity index is 1.71. The lowest BCUT2D eigenvalue weighted by Gasteiger charge is -2.49. The van der Waals surface area contributed by atoms with Crippen molar-refractivity contribution in [3.63, 3.8) is 0 Å². The summed E-state index contributed by atoms with van der Waals surface area (Å²) in [5.41, 5.74) is 2.07. The molecule has 1 spiro atoms. The Morgan fingerprint density at radius 3 is 2.74 bits per heavy atom. The zero-order valence-electron chi connectivity index (χ0n) is 14.6. The molecule has 1 atom stereocenters. The first-order chi connectivity index (χ1) is 11.0. The average Bonchev–Trinajstić information content (AvgIpc) is 2.53. The lowest BCUT2D eigenvalue weighted by molar-refractivity contribution is -0.140. The quantitative estimate of drug-likeness (QED) is 0.859. The second-order valence-corrected chi connectivity index (χ2v) is 7.57. The van der Waals surface area contributed by atoms with E-state index in [0.29, 0.717) is 19.0 Å². The van der Waals surface area contributed by atoms with Gasteiger partial charge in [-0.3, -0.25) is 14.8 Å². The Labute approximate surface area is 139 Å². The number of likely N-dealkylation sites (tertiary alicyclic amines) is 2. The van der Waals surface area contributed by atoms with Gasteiger partial charge >= 0.3 is 0 Å². The zero-order chi connectivity index (χ0) is 16.4. The standard InChI is InChI=1S/C18H28N4O/c1-14(2)21-8-4-6-18(12-21)7-5-17(23)22(13-18)11-16-10-19-15(3)9-20-16/h9-10,14H,4-8,11-13H2,1-3H3. The molecule has 5 heteroatoms. The van der Waals surface area contributed by atoms with E-state index in [-0.39, 0.29) is 11.3 Å². The van der Waals surface area contributed by atoms with Crippen LogP contribution >= 0.6 is 0 Å². The summed E-state index contributed by atoms with van der Waals surface area (Å²) in [4.78, 5) is 25.7. The van der Waals surface area contributed by atoms with Gasteiger partial charge in [0.05, 0.1) is 24.1 Å². The molecule has 5 nitrogen and oxygen atoms in total. The molecule has 1 aromatic heterocycles. The smallest absolute Gasteiger partial charge is 0.222 e. The van der Waals surface area contributed by atoms with Crippen LogP contribution in [-0.2, 0) is 11.3 Å². The number of nitrogens with zero attached hydrogens (tertiary/aromatic N) is 4. The molecule has 1 amide bonds. The molecule has 2 saturated heterocycles. The van der Waals surface area contributed by atoms with Crippen molar-refractivity contribution in [1.82, 2.24) is 19.8 Å². The molecule has 23 heavy (non-hydrogen) atoms. The van der Waals surface area contributed by atoms with Crippen LogP contribution in [0.1, 0.15) is 50.9 Å². The minimum atomic E-state index is 0.264. The maximum Gasteiger partial charge on any atom is 0.222 e. The number of amides is 1. The summed E-state index contributed by atoms with van der Waals surface area (Å²) in [6.07, 6.45) is 7.76. The Morgan fingerprint density at radius 1 is 1.22 bits per heavy atom. The van der Waals surface area contributed by atoms with Gasteiger partial charge in [0.2, 0.25) is 5.91 Å². The van der Waals surface area contributed by atoms with Crippen LogP contribution in [0.2, 0.25) is 0 Å². The summed E-state index contributed by atoms with van der Waals surface area (Å²) >= 11 is 0. The van der Waals surface area contributed by atoms with Crippen LogP contribution in [0.15, 0.2) is 12.4 Å². The van der Waals surface area contributed by atoms with Gasteiger partial charge in [0.15, 0.2) is 0 Å². The normalized spacial score (nSPS) is 26.3. The van der Waals surface area contributed by atoms with Crippen LogP contribution in [0.5, 0.6) is 0 Å². The highest BCUT2D eigenvalue weighted by atomic mass is 16.2. The molecule has 3 heterocycles. The van der Waals surface area contributed by atoms with E-state index in [1.165, 1.54) is 19.4 Å². The molecule has 0 aliphatic carbocycles. The van der Waals surface area contributed by atoms with Crippen LogP contribution in [-0.4, -0.2) is 51.4 Å². The van der Waals surface area contributed by atoms with Crippen LogP contribution in [0.25, 0.3) is 0 Å². The third-order valence-electron chi connectivity index (χ3n) is 5.36. The van der Waals surface area contributed by atoms with Gasteiger partial charge in [-0.2, -0.15) is 0 Å². The van der Waals surface area contributed by atoms with E-state index in [1.807, 2.05) is 11.8 Å². The third-order valence-corrected chi connectivity index (χ3v) is 5.36. The lowest BCUT2D eigenvalue weighted by Crippen LogP contribution is -2.54. The molecule has 3 rings (SSSR count). The number of aryl methyl sites for hydroxylation is 1. The number of piperidine rings is 2. The van der Waals surface area contributed by atoms with Crippen molar-refractivity contribution in [3.8, 4) is 0 Å². The van der Waals surface area contributed by atoms with Crippen molar-refractivity contribution >= 4 is 5.91 Å². The maximum atomic E-state index is 12.4. The third kappa shape index (κ3) is 3.71. The molecule has 1 aromatic rings. The molecule has 2 fully saturated rings. The van der Waals surface area contributed by atoms with Gasteiger partial charge in [-0.05, 0) is 46.6 Å². The molecule has 2 aliphatic rings. The fourth-order valence-corrected chi connectivity index (χ4v) is 3.96. The molecular weight excluding hydrogens is 288 g/mol. The fourth-order valence-electron chi connectivity index (χ4n) is 3.96. The molecule has 0 saturated carbocycles. The highest BCUT2D eigenvalue weighted by molar-refractivity contribution is 5.77. The van der Waals surface area contributed by atoms with E-state index in [2.05, 4.69) is 28.7 Å². The lowest BCUT2D eigenvalue weighted by atomic mass is 9.73. The maximum absolute atomic E-state index is 12.4. The highest BCUT2D eigenvalue weighted by Gasteiger charge is 2.42. The minimum absolute atomic E-state index is 0.264. The molecule has 1 unspecified atom stereocenters. The first-order valence-electron chi connectivity index (χ1n) is 8.77. The van der Waals surface area contributed by atoms with Crippen LogP contribution in [0, 0.1) is 12.3 Å². The van der Waals surface area contributed by atoms with Crippen molar-refractivity contribution in [3.05, 3.63) is 23.8 Å². The first-order valence-corrected chi connectivity index (χ1v) is 8.77. The van der Waals surface area contributed by atoms with Crippen molar-refractivity contribution in [2.45, 2.75) is 59.0 Å². The van der Waals surface area contributed by atoms with Gasteiger partial charge < -0.3 is 9.80 Å². The Hall–Kier alpha value is -1.49. The highest BCUT2D eigenvalue weighted by Crippen LogP contribution is 2.39. The molecule has 0 N–H and O–H groups in total. The summed E-state index contributed by atoms with van der Waals surface area (Å²) in [7, 11) is 0. The van der Waals surface area contributed by atoms with Gasteiger partial charge in [0.1, 0.15) is 0 Å². The van der Waals surface area contributed by atoms with E-state index in [0.717, 1.165) is 30.9 Å². The SMILES string of the molecule is Cc1cnc(CN2CC3(CCCN(C(C)C)C3)CCC2=O)cn1. The molecule has 0 bridgehead atoms. The van der Waals surface area contributed by atoms with E-state index >= 15 is 0 Å². The second kappa shape index (κ2) is 6.56. The van der Waals surface area contributed by atoms with E-state index < -0.39 is 0 Å². The van der Waals surface area contributed by atoms with Crippen LogP contribution in [0.3, 0.4) is 0 Å². The number of carbonyl (C=O) groups excluding carboxylic acids is 1. The number of aromatic nitrogens is 2. The molecule has 2 aliphatic heterocycles. The fraction of sp³-hybridized carbons (Fsp3) is 0.722. The van der Waals surface area contributed by atoms with E-state index in [4.69, 9.17) is 0 Å². The second-order valence-electron chi connectivity index (χ2n) is 7.57. The van der Waals surface area contributed by atoms with Crippen molar-refractivity contribution in [1.29, 1.82) is 0 Å². The topological polar surface area (TPSA) is 49.3 Å². The molecule has 0 aromatic carbocycles. The van der Waals surface area contributed by atoms with Crippen molar-refractivity contribution in [2.75, 3.05) is 19.6 Å². The molecular formula is C18H28N4O. The van der Waals surface area contributed by atoms with Gasteiger partial charge in [-0.1, -0.05) is 0 Å². The largest absolute Gasteiger partial charge is 0.336 e. The Morgan fingerprint density at radius 2 is 2.04 bits per heavy atom. The van der Waals surface area contributed by atoms with Gasteiger partial charge in [0, 0.05) is 37.2 Å². The number of hydrogen-bond donors (Lipinski definition) is 0. The van der Waals surface area contributed by atoms with E-state index in [1.54, 1.807) is 12.4 Å². The monoisotopic (exact) mass is 316 g/mol. The molecule has 126 valence electrons. The summed E-state index contributed by atoms with van der Waals surface area (Å²) < 4.78 is 0. The summed E-state index contributed by atoms with van der Waals surface area (Å²) in [6, 6.07) is 0.584. The van der Waals surface area contributed by atoms with E-state index in [9.17, 15) is 4.79 Å². The number of rotatable bonds is 3. The average molecular weight is 316 g/mol. The van der Waals surface area contributed by atoms with Crippen molar-refractivity contribution < 1.29 is 4.79 Å². The van der Waals surface area contributed by atoms with Gasteiger partial charge in [-0.25, -0.2) is 0 Å². The predicted molar refractivity (Wildman–Crippen MR) is 89.8 cm³/mol.